The van der Waals surface area contributed by atoms with E-state index in [1.54, 1.807) is 53.9 Å². The largest absolute Gasteiger partial charge is 0.365 e. The lowest BCUT2D eigenvalue weighted by Gasteiger charge is -2.18. The quantitative estimate of drug-likeness (QED) is 0.0344. The molecular weight excluding hydrogens is 1610 g/mol. The van der Waals surface area contributed by atoms with Crippen LogP contribution in [0.5, 0.6) is 0 Å². The minimum absolute atomic E-state index is 0.0174. The fraction of sp³-hybridized carbons (Fsp3) is 0.429. The molecule has 0 spiro atoms. The second-order valence-corrected chi connectivity index (χ2v) is 36.6. The van der Waals surface area contributed by atoms with Gasteiger partial charge in [0.05, 0.1) is 49.0 Å². The van der Waals surface area contributed by atoms with Crippen LogP contribution in [0.15, 0.2) is 54.6 Å². The highest BCUT2D eigenvalue weighted by molar-refractivity contribution is 7.18. The molecular formula is C84H97Cl3F2N10O10S5. The van der Waals surface area contributed by atoms with Gasteiger partial charge in [-0.2, -0.15) is 0 Å². The normalized spacial score (nSPS) is 15.8. The van der Waals surface area contributed by atoms with E-state index >= 15 is 0 Å². The Morgan fingerprint density at radius 2 is 0.807 bits per heavy atom. The Balaban J connectivity index is 0.000000151. The lowest BCUT2D eigenvalue weighted by molar-refractivity contribution is -0.120. The predicted octanol–water partition coefficient (Wildman–Crippen LogP) is 19.1. The summed E-state index contributed by atoms with van der Waals surface area (Å²) in [5.41, 5.74) is 35.5. The number of rotatable bonds is 20. The molecule has 5 heterocycles. The standard InChI is InChI=1S/C18H28N2O2S.C17H16ClFN2O2S.C17H24N2O2S.C16H14ClFN2O2S.C16H15ClN2O2S/c1-4-6-12(7-5-2)17(22)20-18-15(16(19)21)13-9-8-11(3)10-14(13)23-18;1-8-6-7-10(19)13(14(8)18)16(23)21-17-12(15(20)22)9-4-2-3-5-11(9)24-17;1-10-6-7-12-13(8-10)22-17(15(12)16(18)21)19-14(20)9-11-4-2-3-5-11;17-9-5-3-6-10(18)13(9)15(22)20-16-12(14(19)21)8-4-1-2-7-11(8)23-16;17-10-7-5-9(6-8-10)15(21)19-16-13(14(18)20)11-3-1-2-4-12(11)22-16/h11-12H,4-10H2,1-3H3,(H2,19,21)(H,20,22);6-7H,2-5H2,1H3,(H2,20,22)(H,21,23);10-11H,2-9H2,1H3,(H2,18,21)(H,19,20);3,5-6H,1-2,4,7H2,(H2,19,21)(H,20,22);5-8H,1-4H2,(H2,18,20)(H,19,21). The molecule has 8 aromatic rings. The molecule has 1 saturated carbocycles. The van der Waals surface area contributed by atoms with Gasteiger partial charge in [-0.3, -0.25) is 47.9 Å². The number of carbonyl (C=O) groups excluding carboxylic acids is 10. The fourth-order valence-corrected chi connectivity index (χ4v) is 22.9. The van der Waals surface area contributed by atoms with Crippen LogP contribution in [0.3, 0.4) is 0 Å². The van der Waals surface area contributed by atoms with Crippen LogP contribution in [0.4, 0.5) is 33.8 Å². The van der Waals surface area contributed by atoms with Crippen molar-refractivity contribution in [2.24, 2.45) is 52.3 Å². The second kappa shape index (κ2) is 40.4. The van der Waals surface area contributed by atoms with Crippen LogP contribution >= 0.6 is 91.5 Å². The first-order valence-corrected chi connectivity index (χ1v) is 44.1. The summed E-state index contributed by atoms with van der Waals surface area (Å²) in [6.07, 6.45) is 26.2. The Morgan fingerprint density at radius 3 is 1.23 bits per heavy atom. The molecule has 6 aliphatic rings. The highest BCUT2D eigenvalue weighted by atomic mass is 35.5. The molecule has 30 heteroatoms. The summed E-state index contributed by atoms with van der Waals surface area (Å²) in [4.78, 5) is 127. The number of aryl methyl sites for hydroxylation is 4. The van der Waals surface area contributed by atoms with Gasteiger partial charge in [0.15, 0.2) is 0 Å². The van der Waals surface area contributed by atoms with E-state index in [0.717, 1.165) is 203 Å². The zero-order chi connectivity index (χ0) is 82.4. The summed E-state index contributed by atoms with van der Waals surface area (Å²) >= 11 is 25.0. The smallest absolute Gasteiger partial charge is 0.260 e. The monoisotopic (exact) mass is 1710 g/mol. The minimum atomic E-state index is -0.711. The lowest BCUT2D eigenvalue weighted by Crippen LogP contribution is -2.24. The number of primary amides is 5. The SMILES string of the molecule is CC1CCc2c(sc(NC(=O)CC3CCCC3)c2C(N)=O)C1.CCCC(CCC)C(=O)Nc1sc2c(c1C(N)=O)CCC(C)C2.Cc1ccc(F)c(C(=O)Nc2sc3c(c2C(N)=O)CCCC3)c1Cl.NC(=O)c1c(NC(=O)c2c(F)cccc2Cl)sc2c1CCCC2.NC(=O)c1c(NC(=O)c2ccc(Cl)cc2)sc2c1CCCC2. The van der Waals surface area contributed by atoms with Crippen molar-refractivity contribution in [3.8, 4) is 0 Å². The summed E-state index contributed by atoms with van der Waals surface area (Å²) in [6.45, 7) is 10.3. The van der Waals surface area contributed by atoms with Gasteiger partial charge in [0, 0.05) is 47.3 Å². The van der Waals surface area contributed by atoms with Crippen molar-refractivity contribution < 1.29 is 56.7 Å². The Bertz CT molecular complexity index is 4940. The third-order valence-corrected chi connectivity index (χ3v) is 28.4. The van der Waals surface area contributed by atoms with Crippen molar-refractivity contribution >= 4 is 176 Å². The van der Waals surface area contributed by atoms with E-state index in [1.807, 2.05) is 0 Å². The molecule has 114 heavy (non-hydrogen) atoms. The topological polar surface area (TPSA) is 361 Å². The summed E-state index contributed by atoms with van der Waals surface area (Å²) in [5, 5.41) is 17.3. The first-order valence-electron chi connectivity index (χ1n) is 38.9. The zero-order valence-electron chi connectivity index (χ0n) is 64.5. The predicted molar refractivity (Wildman–Crippen MR) is 456 cm³/mol. The van der Waals surface area contributed by atoms with E-state index < -0.39 is 53.0 Å². The average molecular weight is 1710 g/mol. The second-order valence-electron chi connectivity index (χ2n) is 29.9. The van der Waals surface area contributed by atoms with Crippen LogP contribution < -0.4 is 55.3 Å². The molecule has 2 unspecified atom stereocenters. The number of nitrogens with one attached hydrogen (secondary N) is 5. The summed E-state index contributed by atoms with van der Waals surface area (Å²) in [6, 6.07) is 13.3. The molecule has 1 fully saturated rings. The number of hydrogen-bond acceptors (Lipinski definition) is 15. The number of carbonyl (C=O) groups is 10. The van der Waals surface area contributed by atoms with Crippen molar-refractivity contribution in [3.05, 3.63) is 184 Å². The number of nitrogens with two attached hydrogens (primary N) is 5. The van der Waals surface area contributed by atoms with Gasteiger partial charge < -0.3 is 55.3 Å². The van der Waals surface area contributed by atoms with Crippen molar-refractivity contribution in [1.82, 2.24) is 0 Å². The number of thiophene rings is 5. The number of fused-ring (bicyclic) bond motifs is 5. The Morgan fingerprint density at radius 1 is 0.430 bits per heavy atom. The average Bonchev–Trinajstić information content (AvgIpc) is 1.65. The molecule has 0 radical (unpaired) electrons. The first kappa shape index (κ1) is 88.0. The lowest BCUT2D eigenvalue weighted by atomic mass is 9.88. The van der Waals surface area contributed by atoms with Gasteiger partial charge in [-0.25, -0.2) is 8.78 Å². The van der Waals surface area contributed by atoms with Gasteiger partial charge in [0.1, 0.15) is 36.6 Å². The van der Waals surface area contributed by atoms with Crippen molar-refractivity contribution in [2.75, 3.05) is 26.6 Å². The van der Waals surface area contributed by atoms with Crippen molar-refractivity contribution in [1.29, 1.82) is 0 Å². The first-order chi connectivity index (χ1) is 54.5. The van der Waals surface area contributed by atoms with E-state index in [4.69, 9.17) is 63.5 Å². The summed E-state index contributed by atoms with van der Waals surface area (Å²) < 4.78 is 27.9. The number of benzene rings is 3. The maximum absolute atomic E-state index is 14.0. The highest BCUT2D eigenvalue weighted by Gasteiger charge is 2.34. The van der Waals surface area contributed by atoms with Gasteiger partial charge in [0.25, 0.3) is 47.3 Å². The van der Waals surface area contributed by atoms with E-state index in [9.17, 15) is 56.7 Å². The van der Waals surface area contributed by atoms with Gasteiger partial charge in [-0.15, -0.1) is 56.7 Å². The molecule has 14 rings (SSSR count). The molecule has 0 aliphatic heterocycles. The van der Waals surface area contributed by atoms with Gasteiger partial charge in [-0.1, -0.05) is 100 Å². The van der Waals surface area contributed by atoms with Crippen LogP contribution in [-0.2, 0) is 73.8 Å². The summed E-state index contributed by atoms with van der Waals surface area (Å²) in [5.74, 6) is -3.69. The maximum Gasteiger partial charge on any atom is 0.260 e. The van der Waals surface area contributed by atoms with E-state index in [2.05, 4.69) is 54.3 Å². The van der Waals surface area contributed by atoms with Crippen LogP contribution in [-0.4, -0.2) is 59.1 Å². The van der Waals surface area contributed by atoms with Crippen LogP contribution in [0.25, 0.3) is 0 Å². The molecule has 0 saturated heterocycles. The van der Waals surface area contributed by atoms with Crippen LogP contribution in [0.1, 0.15) is 277 Å². The minimum Gasteiger partial charge on any atom is -0.365 e. The molecule has 6 aliphatic carbocycles. The van der Waals surface area contributed by atoms with Crippen molar-refractivity contribution in [3.63, 3.8) is 0 Å². The Labute approximate surface area is 697 Å². The molecule has 20 nitrogen and oxygen atoms in total. The molecule has 608 valence electrons. The Hall–Kier alpha value is -8.41. The fourth-order valence-electron chi connectivity index (χ4n) is 15.6. The van der Waals surface area contributed by atoms with Gasteiger partial charge in [-0.05, 0) is 242 Å². The number of hydrogen-bond donors (Lipinski definition) is 10. The van der Waals surface area contributed by atoms with Crippen LogP contribution in [0.2, 0.25) is 15.1 Å². The van der Waals surface area contributed by atoms with Gasteiger partial charge in [0.2, 0.25) is 11.8 Å². The van der Waals surface area contributed by atoms with Crippen LogP contribution in [0, 0.1) is 42.2 Å². The third-order valence-electron chi connectivity index (χ3n) is 21.3. The third kappa shape index (κ3) is 21.6. The summed E-state index contributed by atoms with van der Waals surface area (Å²) in [7, 11) is 0. The number of halogens is 5. The Kier molecular flexibility index (Phi) is 31.2. The molecule has 0 bridgehead atoms. The van der Waals surface area contributed by atoms with Crippen molar-refractivity contribution in [2.45, 2.75) is 208 Å². The van der Waals surface area contributed by atoms with Gasteiger partial charge >= 0.3 is 0 Å². The van der Waals surface area contributed by atoms with E-state index in [0.29, 0.717) is 93.1 Å². The molecule has 15 N–H and O–H groups in total. The number of amides is 10. The van der Waals surface area contributed by atoms with E-state index in [-0.39, 0.29) is 44.8 Å². The molecule has 3 aromatic carbocycles. The molecule has 5 aromatic heterocycles. The highest BCUT2D eigenvalue weighted by Crippen LogP contribution is 2.45. The maximum atomic E-state index is 14.0. The molecule has 10 amide bonds. The molecule has 2 atom stereocenters. The number of anilines is 5. The van der Waals surface area contributed by atoms with E-state index in [1.165, 1.54) is 80.9 Å². The zero-order valence-corrected chi connectivity index (χ0v) is 70.8.